The molecule has 38 heavy (non-hydrogen) atoms. The largest absolute Gasteiger partial charge is 0.395 e. The van der Waals surface area contributed by atoms with Gasteiger partial charge in [-0.2, -0.15) is 0 Å². The van der Waals surface area contributed by atoms with E-state index in [1.807, 2.05) is 43.3 Å². The molecule has 5 rings (SSSR count). The van der Waals surface area contributed by atoms with Gasteiger partial charge in [-0.15, -0.1) is 0 Å². The van der Waals surface area contributed by atoms with Gasteiger partial charge in [-0.3, -0.25) is 4.98 Å². The van der Waals surface area contributed by atoms with Crippen molar-refractivity contribution < 1.29 is 21.9 Å². The number of aliphatic hydroxyl groups is 1. The van der Waals surface area contributed by atoms with Crippen molar-refractivity contribution >= 4 is 30.6 Å². The van der Waals surface area contributed by atoms with Crippen LogP contribution in [0.5, 0.6) is 0 Å². The zero-order chi connectivity index (χ0) is 27.3. The van der Waals surface area contributed by atoms with Crippen molar-refractivity contribution in [2.24, 2.45) is 0 Å². The van der Waals surface area contributed by atoms with Crippen LogP contribution >= 0.6 is 0 Å². The molecule has 1 aliphatic rings. The Morgan fingerprint density at radius 2 is 1.71 bits per heavy atom. The van der Waals surface area contributed by atoms with Crippen molar-refractivity contribution in [2.75, 3.05) is 24.9 Å². The van der Waals surface area contributed by atoms with E-state index in [9.17, 15) is 21.9 Å². The van der Waals surface area contributed by atoms with Crippen molar-refractivity contribution in [3.8, 4) is 11.1 Å². The summed E-state index contributed by atoms with van der Waals surface area (Å²) in [4.78, 5) is 4.90. The Balaban J connectivity index is 1.53. The number of sulfone groups is 2. The minimum Gasteiger partial charge on any atom is -0.395 e. The van der Waals surface area contributed by atoms with Crippen LogP contribution in [0.2, 0.25) is 0 Å². The lowest BCUT2D eigenvalue weighted by molar-refractivity contribution is 0.251. The normalized spacial score (nSPS) is 20.4. The summed E-state index contributed by atoms with van der Waals surface area (Å²) in [5, 5.41) is 11.4. The minimum atomic E-state index is -3.29. The standard InChI is InChI=1S/C30H31NO5S2/c1-20(18-37(2,33)34)24-15-23-8-5-13-31-29(23)27(16-24)21-6-4-7-22(14-21)28-17-30(28,19-32)25-9-11-26(12-10-25)38(3,35)36/h4-16,20,28,32H,17-19H2,1-3H3. The molecule has 6 nitrogen and oxygen atoms in total. The Bertz CT molecular complexity index is 1730. The fourth-order valence-electron chi connectivity index (χ4n) is 5.55. The number of hydrogen-bond acceptors (Lipinski definition) is 6. The highest BCUT2D eigenvalue weighted by Crippen LogP contribution is 2.60. The van der Waals surface area contributed by atoms with E-state index in [0.717, 1.165) is 45.1 Å². The SMILES string of the molecule is CC(CS(C)(=O)=O)c1cc(-c2cccc(C3CC3(CO)c3ccc(S(C)(=O)=O)cc3)c2)c2ncccc2c1. The fraction of sp³-hybridized carbons (Fsp3) is 0.300. The Morgan fingerprint density at radius 3 is 2.37 bits per heavy atom. The highest BCUT2D eigenvalue weighted by Gasteiger charge is 2.55. The molecule has 0 bridgehead atoms. The van der Waals surface area contributed by atoms with Gasteiger partial charge in [-0.05, 0) is 70.8 Å². The highest BCUT2D eigenvalue weighted by molar-refractivity contribution is 7.91. The van der Waals surface area contributed by atoms with Gasteiger partial charge in [0.2, 0.25) is 0 Å². The van der Waals surface area contributed by atoms with Crippen LogP contribution in [0.15, 0.2) is 83.9 Å². The van der Waals surface area contributed by atoms with E-state index in [-0.39, 0.29) is 29.1 Å². The van der Waals surface area contributed by atoms with E-state index in [1.165, 1.54) is 12.5 Å². The van der Waals surface area contributed by atoms with Gasteiger partial charge in [0, 0.05) is 35.1 Å². The van der Waals surface area contributed by atoms with Crippen molar-refractivity contribution in [1.82, 2.24) is 4.98 Å². The molecule has 1 aromatic heterocycles. The Labute approximate surface area is 224 Å². The molecular formula is C30H31NO5S2. The lowest BCUT2D eigenvalue weighted by Crippen LogP contribution is -2.15. The van der Waals surface area contributed by atoms with Crippen LogP contribution in [0.1, 0.15) is 41.9 Å². The van der Waals surface area contributed by atoms with Gasteiger partial charge in [0.1, 0.15) is 9.84 Å². The van der Waals surface area contributed by atoms with Crippen molar-refractivity contribution in [3.63, 3.8) is 0 Å². The van der Waals surface area contributed by atoms with Crippen molar-refractivity contribution in [2.45, 2.75) is 35.5 Å². The maximum absolute atomic E-state index is 12.0. The monoisotopic (exact) mass is 549 g/mol. The molecule has 1 aliphatic carbocycles. The van der Waals surface area contributed by atoms with Gasteiger partial charge in [0.05, 0.1) is 22.8 Å². The van der Waals surface area contributed by atoms with Crippen LogP contribution in [0, 0.1) is 0 Å². The Hall–Kier alpha value is -3.07. The molecule has 0 radical (unpaired) electrons. The summed E-state index contributed by atoms with van der Waals surface area (Å²) in [5.74, 6) is -0.0164. The number of aliphatic hydroxyl groups excluding tert-OH is 1. The van der Waals surface area contributed by atoms with Crippen molar-refractivity contribution in [3.05, 3.63) is 95.7 Å². The minimum absolute atomic E-state index is 0.0386. The number of rotatable bonds is 8. The summed E-state index contributed by atoms with van der Waals surface area (Å²) in [6.45, 7) is 1.89. The first-order valence-electron chi connectivity index (χ1n) is 12.5. The van der Waals surface area contributed by atoms with Gasteiger partial charge in [0.25, 0.3) is 0 Å². The maximum atomic E-state index is 12.0. The number of nitrogens with zero attached hydrogens (tertiary/aromatic N) is 1. The summed E-state index contributed by atoms with van der Waals surface area (Å²) in [5.41, 5.74) is 5.26. The third kappa shape index (κ3) is 5.13. The average Bonchev–Trinajstić information content (AvgIpc) is 3.63. The van der Waals surface area contributed by atoms with E-state index in [0.29, 0.717) is 0 Å². The number of benzene rings is 3. The molecule has 198 valence electrons. The highest BCUT2D eigenvalue weighted by atomic mass is 32.2. The van der Waals surface area contributed by atoms with Crippen LogP contribution in [0.3, 0.4) is 0 Å². The number of hydrogen-bond donors (Lipinski definition) is 1. The predicted octanol–water partition coefficient (Wildman–Crippen LogP) is 4.87. The van der Waals surface area contributed by atoms with Crippen LogP contribution in [0.4, 0.5) is 0 Å². The molecule has 0 amide bonds. The number of pyridine rings is 1. The third-order valence-corrected chi connectivity index (χ3v) is 9.90. The maximum Gasteiger partial charge on any atom is 0.175 e. The Kier molecular flexibility index (Phi) is 6.70. The van der Waals surface area contributed by atoms with E-state index in [4.69, 9.17) is 0 Å². The molecule has 3 unspecified atom stereocenters. The topological polar surface area (TPSA) is 101 Å². The van der Waals surface area contributed by atoms with Gasteiger partial charge < -0.3 is 5.11 Å². The predicted molar refractivity (Wildman–Crippen MR) is 151 cm³/mol. The molecule has 3 atom stereocenters. The van der Waals surface area contributed by atoms with E-state index >= 15 is 0 Å². The van der Waals surface area contributed by atoms with Gasteiger partial charge in [-0.25, -0.2) is 16.8 Å². The van der Waals surface area contributed by atoms with Gasteiger partial charge >= 0.3 is 0 Å². The van der Waals surface area contributed by atoms with Gasteiger partial charge in [0.15, 0.2) is 9.84 Å². The summed E-state index contributed by atoms with van der Waals surface area (Å²) >= 11 is 0. The van der Waals surface area contributed by atoms with Crippen molar-refractivity contribution in [1.29, 1.82) is 0 Å². The van der Waals surface area contributed by atoms with E-state index in [1.54, 1.807) is 30.5 Å². The van der Waals surface area contributed by atoms with Crippen LogP contribution in [0.25, 0.3) is 22.0 Å². The first kappa shape index (κ1) is 26.5. The summed E-state index contributed by atoms with van der Waals surface area (Å²) < 4.78 is 47.7. The summed E-state index contributed by atoms with van der Waals surface area (Å²) in [6, 6.07) is 23.0. The molecule has 0 aliphatic heterocycles. The molecule has 1 heterocycles. The summed E-state index contributed by atoms with van der Waals surface area (Å²) in [7, 11) is -6.43. The summed E-state index contributed by atoms with van der Waals surface area (Å²) in [6.07, 6.45) is 4.96. The third-order valence-electron chi connectivity index (χ3n) is 7.66. The fourth-order valence-corrected chi connectivity index (χ4v) is 7.29. The molecule has 0 saturated heterocycles. The van der Waals surface area contributed by atoms with Gasteiger partial charge in [-0.1, -0.05) is 49.4 Å². The molecule has 4 aromatic rings. The average molecular weight is 550 g/mol. The Morgan fingerprint density at radius 1 is 0.974 bits per heavy atom. The van der Waals surface area contributed by atoms with Crippen LogP contribution in [-0.2, 0) is 25.1 Å². The quantitative estimate of drug-likeness (QED) is 0.337. The lowest BCUT2D eigenvalue weighted by Gasteiger charge is -2.17. The molecule has 1 saturated carbocycles. The zero-order valence-electron chi connectivity index (χ0n) is 21.6. The van der Waals surface area contributed by atoms with Crippen LogP contribution < -0.4 is 0 Å². The van der Waals surface area contributed by atoms with Crippen LogP contribution in [-0.4, -0.2) is 51.8 Å². The molecule has 0 spiro atoms. The molecule has 1 fully saturated rings. The first-order chi connectivity index (χ1) is 17.9. The number of fused-ring (bicyclic) bond motifs is 1. The van der Waals surface area contributed by atoms with E-state index < -0.39 is 25.1 Å². The molecular weight excluding hydrogens is 518 g/mol. The smallest absolute Gasteiger partial charge is 0.175 e. The number of aromatic nitrogens is 1. The second kappa shape index (κ2) is 9.59. The molecule has 3 aromatic carbocycles. The molecule has 1 N–H and O–H groups in total. The second-order valence-electron chi connectivity index (χ2n) is 10.6. The molecule has 8 heteroatoms. The van der Waals surface area contributed by atoms with E-state index in [2.05, 4.69) is 17.1 Å². The lowest BCUT2D eigenvalue weighted by atomic mass is 9.89. The zero-order valence-corrected chi connectivity index (χ0v) is 23.3. The first-order valence-corrected chi connectivity index (χ1v) is 16.4. The second-order valence-corrected chi connectivity index (χ2v) is 14.8.